The molecule has 0 aromatic heterocycles. The normalized spacial score (nSPS) is 19.4. The Balaban J connectivity index is 1.53. The molecule has 0 saturated carbocycles. The number of hydrogen-bond acceptors (Lipinski definition) is 4. The topological polar surface area (TPSA) is 34.1 Å². The lowest BCUT2D eigenvalue weighted by Crippen LogP contribution is -2.33. The van der Waals surface area contributed by atoms with Gasteiger partial charge in [-0.1, -0.05) is 58.9 Å². The highest BCUT2D eigenvalue weighted by molar-refractivity contribution is 9.10. The van der Waals surface area contributed by atoms with Crippen LogP contribution in [-0.4, -0.2) is 17.3 Å². The molecule has 0 N–H and O–H groups in total. The van der Waals surface area contributed by atoms with Gasteiger partial charge in [0, 0.05) is 22.0 Å². The zero-order chi connectivity index (χ0) is 20.5. The summed E-state index contributed by atoms with van der Waals surface area (Å²) in [6.45, 7) is 4.18. The first-order chi connectivity index (χ1) is 14.7. The standard InChI is InChI=1S/C25H21BrN2O2/c1-2-14-29-20-11-8-18(9-12-20)25-28-23(21-15-19(26)10-13-24(21)30-25)16-22(27-28)17-6-4-3-5-7-17/h2-13,15,23,25H,1,14,16H2. The third kappa shape index (κ3) is 3.50. The Bertz CT molecular complexity index is 1100. The van der Waals surface area contributed by atoms with Crippen molar-refractivity contribution in [3.63, 3.8) is 0 Å². The molecule has 150 valence electrons. The summed E-state index contributed by atoms with van der Waals surface area (Å²) < 4.78 is 13.1. The molecular formula is C25H21BrN2O2. The van der Waals surface area contributed by atoms with E-state index in [4.69, 9.17) is 14.6 Å². The molecule has 5 heteroatoms. The molecule has 2 aliphatic rings. The molecule has 4 nitrogen and oxygen atoms in total. The van der Waals surface area contributed by atoms with Crippen molar-refractivity contribution < 1.29 is 9.47 Å². The lowest BCUT2D eigenvalue weighted by molar-refractivity contribution is -0.0191. The van der Waals surface area contributed by atoms with E-state index in [-0.39, 0.29) is 12.3 Å². The first-order valence-corrected chi connectivity index (χ1v) is 10.7. The molecule has 5 rings (SSSR count). The molecule has 2 heterocycles. The Morgan fingerprint density at radius 1 is 1.10 bits per heavy atom. The van der Waals surface area contributed by atoms with Crippen LogP contribution in [0.1, 0.15) is 35.4 Å². The minimum absolute atomic E-state index is 0.128. The quantitative estimate of drug-likeness (QED) is 0.421. The smallest absolute Gasteiger partial charge is 0.213 e. The Morgan fingerprint density at radius 2 is 1.90 bits per heavy atom. The summed E-state index contributed by atoms with van der Waals surface area (Å²) in [5, 5.41) is 7.10. The Hall–Kier alpha value is -3.05. The van der Waals surface area contributed by atoms with E-state index < -0.39 is 0 Å². The average molecular weight is 461 g/mol. The van der Waals surface area contributed by atoms with Crippen LogP contribution >= 0.6 is 15.9 Å². The van der Waals surface area contributed by atoms with Gasteiger partial charge in [0.15, 0.2) is 0 Å². The van der Waals surface area contributed by atoms with E-state index in [0.29, 0.717) is 6.61 Å². The zero-order valence-corrected chi connectivity index (χ0v) is 18.0. The van der Waals surface area contributed by atoms with Crippen molar-refractivity contribution in [2.45, 2.75) is 18.7 Å². The number of hydrogen-bond donors (Lipinski definition) is 0. The minimum Gasteiger partial charge on any atom is -0.490 e. The monoisotopic (exact) mass is 460 g/mol. The summed E-state index contributed by atoms with van der Waals surface area (Å²) in [6, 6.07) is 24.7. The second-order valence-corrected chi connectivity index (χ2v) is 8.25. The van der Waals surface area contributed by atoms with Crippen LogP contribution in [0.2, 0.25) is 0 Å². The predicted octanol–water partition coefficient (Wildman–Crippen LogP) is 6.26. The molecule has 0 bridgehead atoms. The third-order valence-electron chi connectivity index (χ3n) is 5.39. The molecule has 0 aliphatic carbocycles. The van der Waals surface area contributed by atoms with Gasteiger partial charge in [0.2, 0.25) is 6.23 Å². The van der Waals surface area contributed by atoms with E-state index in [1.165, 1.54) is 0 Å². The Labute approximate surface area is 184 Å². The number of halogens is 1. The number of hydrazone groups is 1. The van der Waals surface area contributed by atoms with E-state index in [1.54, 1.807) is 6.08 Å². The van der Waals surface area contributed by atoms with Crippen LogP contribution in [0.3, 0.4) is 0 Å². The van der Waals surface area contributed by atoms with E-state index in [1.807, 2.05) is 42.5 Å². The van der Waals surface area contributed by atoms with E-state index >= 15 is 0 Å². The fourth-order valence-electron chi connectivity index (χ4n) is 3.97. The van der Waals surface area contributed by atoms with Crippen molar-refractivity contribution in [1.29, 1.82) is 0 Å². The van der Waals surface area contributed by atoms with Gasteiger partial charge in [0.05, 0.1) is 11.8 Å². The predicted molar refractivity (Wildman–Crippen MR) is 122 cm³/mol. The minimum atomic E-state index is -0.293. The highest BCUT2D eigenvalue weighted by atomic mass is 79.9. The number of nitrogens with zero attached hydrogens (tertiary/aromatic N) is 2. The lowest BCUT2D eigenvalue weighted by atomic mass is 9.96. The molecule has 0 spiro atoms. The Morgan fingerprint density at radius 3 is 2.67 bits per heavy atom. The fraction of sp³-hybridized carbons (Fsp3) is 0.160. The van der Waals surface area contributed by atoms with Crippen molar-refractivity contribution >= 4 is 21.6 Å². The summed E-state index contributed by atoms with van der Waals surface area (Å²) in [5.74, 6) is 1.71. The van der Waals surface area contributed by atoms with Gasteiger partial charge in [-0.2, -0.15) is 5.10 Å². The summed E-state index contributed by atoms with van der Waals surface area (Å²) in [4.78, 5) is 0. The summed E-state index contributed by atoms with van der Waals surface area (Å²) in [5.41, 5.74) is 4.42. The van der Waals surface area contributed by atoms with Crippen molar-refractivity contribution in [2.24, 2.45) is 5.10 Å². The third-order valence-corrected chi connectivity index (χ3v) is 5.89. The van der Waals surface area contributed by atoms with Crippen molar-refractivity contribution in [2.75, 3.05) is 6.61 Å². The van der Waals surface area contributed by atoms with E-state index in [9.17, 15) is 0 Å². The van der Waals surface area contributed by atoms with Crippen molar-refractivity contribution in [1.82, 2.24) is 5.01 Å². The van der Waals surface area contributed by atoms with Gasteiger partial charge < -0.3 is 9.47 Å². The zero-order valence-electron chi connectivity index (χ0n) is 16.4. The fourth-order valence-corrected chi connectivity index (χ4v) is 4.35. The second-order valence-electron chi connectivity index (χ2n) is 7.33. The maximum atomic E-state index is 6.43. The van der Waals surface area contributed by atoms with Gasteiger partial charge in [-0.3, -0.25) is 0 Å². The van der Waals surface area contributed by atoms with Crippen LogP contribution in [0.5, 0.6) is 11.5 Å². The molecule has 2 aliphatic heterocycles. The van der Waals surface area contributed by atoms with Crippen LogP contribution in [0.25, 0.3) is 0 Å². The molecule has 0 amide bonds. The van der Waals surface area contributed by atoms with Gasteiger partial charge in [0.1, 0.15) is 18.1 Å². The van der Waals surface area contributed by atoms with Gasteiger partial charge in [-0.05, 0) is 48.0 Å². The maximum Gasteiger partial charge on any atom is 0.213 e. The van der Waals surface area contributed by atoms with E-state index in [2.05, 4.69) is 57.8 Å². The number of fused-ring (bicyclic) bond motifs is 3. The summed E-state index contributed by atoms with van der Waals surface area (Å²) in [6.07, 6.45) is 2.29. The van der Waals surface area contributed by atoms with Gasteiger partial charge in [-0.15, -0.1) is 0 Å². The summed E-state index contributed by atoms with van der Waals surface area (Å²) in [7, 11) is 0. The van der Waals surface area contributed by atoms with Crippen LogP contribution in [0, 0.1) is 0 Å². The Kier molecular flexibility index (Phi) is 5.05. The van der Waals surface area contributed by atoms with Crippen molar-refractivity contribution in [3.8, 4) is 11.5 Å². The van der Waals surface area contributed by atoms with Crippen molar-refractivity contribution in [3.05, 3.63) is 107 Å². The molecule has 2 unspecified atom stereocenters. The summed E-state index contributed by atoms with van der Waals surface area (Å²) >= 11 is 3.60. The number of ether oxygens (including phenoxy) is 2. The largest absolute Gasteiger partial charge is 0.490 e. The van der Waals surface area contributed by atoms with Crippen LogP contribution < -0.4 is 9.47 Å². The first kappa shape index (κ1) is 18.9. The van der Waals surface area contributed by atoms with Crippen LogP contribution in [0.4, 0.5) is 0 Å². The average Bonchev–Trinajstić information content (AvgIpc) is 3.24. The molecule has 3 aromatic rings. The molecule has 30 heavy (non-hydrogen) atoms. The second kappa shape index (κ2) is 8.00. The van der Waals surface area contributed by atoms with E-state index in [0.717, 1.165) is 44.8 Å². The molecule has 0 saturated heterocycles. The highest BCUT2D eigenvalue weighted by Crippen LogP contribution is 2.48. The first-order valence-electron chi connectivity index (χ1n) is 9.94. The molecule has 0 radical (unpaired) electrons. The van der Waals surface area contributed by atoms with Gasteiger partial charge in [-0.25, -0.2) is 5.01 Å². The maximum absolute atomic E-state index is 6.43. The number of rotatable bonds is 5. The molecule has 0 fully saturated rings. The lowest BCUT2D eigenvalue weighted by Gasteiger charge is -2.38. The molecule has 2 atom stereocenters. The molecule has 3 aromatic carbocycles. The molecular weight excluding hydrogens is 440 g/mol. The van der Waals surface area contributed by atoms with Gasteiger partial charge in [0.25, 0.3) is 0 Å². The number of benzene rings is 3. The van der Waals surface area contributed by atoms with Gasteiger partial charge >= 0.3 is 0 Å². The van der Waals surface area contributed by atoms with Crippen LogP contribution in [0.15, 0.2) is 95.0 Å². The highest BCUT2D eigenvalue weighted by Gasteiger charge is 2.41. The SMILES string of the molecule is C=CCOc1ccc(C2Oc3ccc(Br)cc3C3CC(c4ccccc4)=NN32)cc1. The van der Waals surface area contributed by atoms with Crippen LogP contribution in [-0.2, 0) is 0 Å².